The fourth-order valence-corrected chi connectivity index (χ4v) is 3.30. The number of piperidine rings is 1. The van der Waals surface area contributed by atoms with E-state index < -0.39 is 0 Å². The zero-order valence-corrected chi connectivity index (χ0v) is 12.5. The van der Waals surface area contributed by atoms with Crippen molar-refractivity contribution < 1.29 is 9.53 Å². The molecule has 0 spiro atoms. The molecule has 3 heterocycles. The van der Waals surface area contributed by atoms with Crippen LogP contribution in [-0.2, 0) is 6.54 Å². The van der Waals surface area contributed by atoms with Gasteiger partial charge in [-0.25, -0.2) is 0 Å². The normalized spacial score (nSPS) is 18.2. The summed E-state index contributed by atoms with van der Waals surface area (Å²) in [5.41, 5.74) is 1.44. The van der Waals surface area contributed by atoms with Crippen LogP contribution in [0.25, 0.3) is 10.9 Å². The molecule has 1 aromatic heterocycles. The highest BCUT2D eigenvalue weighted by Gasteiger charge is 2.23. The predicted molar refractivity (Wildman–Crippen MR) is 83.2 cm³/mol. The van der Waals surface area contributed by atoms with Crippen molar-refractivity contribution in [3.63, 3.8) is 0 Å². The molecule has 4 rings (SSSR count). The smallest absolute Gasteiger partial charge is 0.272 e. The Hall–Kier alpha value is -2.08. The Labute approximate surface area is 128 Å². The van der Waals surface area contributed by atoms with Crippen molar-refractivity contribution in [2.45, 2.75) is 19.4 Å². The average molecular weight is 300 g/mol. The molecule has 0 aliphatic carbocycles. The Morgan fingerprint density at radius 1 is 1.41 bits per heavy atom. The number of rotatable bonds is 3. The van der Waals surface area contributed by atoms with Crippen LogP contribution in [0.4, 0.5) is 0 Å². The van der Waals surface area contributed by atoms with E-state index in [1.807, 2.05) is 22.9 Å². The van der Waals surface area contributed by atoms with Crippen LogP contribution in [0.2, 0.25) is 0 Å². The Balaban J connectivity index is 1.56. The third-order valence-electron chi connectivity index (χ3n) is 4.52. The molecule has 0 bridgehead atoms. The molecule has 0 radical (unpaired) electrons. The quantitative estimate of drug-likeness (QED) is 0.892. The van der Waals surface area contributed by atoms with E-state index in [9.17, 15) is 4.79 Å². The fraction of sp³-hybridized carbons (Fsp3) is 0.500. The number of para-hydroxylation sites is 1. The molecule has 6 heteroatoms. The Morgan fingerprint density at radius 2 is 2.27 bits per heavy atom. The lowest BCUT2D eigenvalue weighted by atomic mass is 9.98. The summed E-state index contributed by atoms with van der Waals surface area (Å²) in [6, 6.07) is 5.78. The number of nitrogens with one attached hydrogen (secondary N) is 2. The highest BCUT2D eigenvalue weighted by atomic mass is 16.5. The van der Waals surface area contributed by atoms with Crippen LogP contribution in [0, 0.1) is 5.92 Å². The van der Waals surface area contributed by atoms with E-state index in [0.29, 0.717) is 24.8 Å². The average Bonchev–Trinajstić information content (AvgIpc) is 2.95. The molecule has 0 saturated carbocycles. The number of aromatic nitrogens is 2. The van der Waals surface area contributed by atoms with Crippen LogP contribution in [-0.4, -0.2) is 41.9 Å². The molecule has 0 atom stereocenters. The van der Waals surface area contributed by atoms with Gasteiger partial charge >= 0.3 is 0 Å². The van der Waals surface area contributed by atoms with Gasteiger partial charge in [0.25, 0.3) is 5.91 Å². The van der Waals surface area contributed by atoms with Gasteiger partial charge in [-0.3, -0.25) is 9.48 Å². The molecule has 1 saturated heterocycles. The number of hydrogen-bond acceptors (Lipinski definition) is 4. The van der Waals surface area contributed by atoms with Crippen LogP contribution < -0.4 is 15.4 Å². The Morgan fingerprint density at radius 3 is 3.14 bits per heavy atom. The first-order valence-electron chi connectivity index (χ1n) is 7.94. The summed E-state index contributed by atoms with van der Waals surface area (Å²) in [6.45, 7) is 4.10. The SMILES string of the molecule is O=C(NCC1CCNCC1)c1nn2c3c(cccc13)OCC2. The minimum absolute atomic E-state index is 0.0821. The van der Waals surface area contributed by atoms with Crippen molar-refractivity contribution in [3.8, 4) is 5.75 Å². The topological polar surface area (TPSA) is 68.2 Å². The second-order valence-electron chi connectivity index (χ2n) is 5.98. The summed E-state index contributed by atoms with van der Waals surface area (Å²) in [4.78, 5) is 12.5. The summed E-state index contributed by atoms with van der Waals surface area (Å²) in [7, 11) is 0. The maximum absolute atomic E-state index is 12.5. The van der Waals surface area contributed by atoms with Crippen molar-refractivity contribution in [1.82, 2.24) is 20.4 Å². The molecule has 2 N–H and O–H groups in total. The van der Waals surface area contributed by atoms with E-state index >= 15 is 0 Å². The van der Waals surface area contributed by atoms with E-state index in [4.69, 9.17) is 4.74 Å². The van der Waals surface area contributed by atoms with Crippen LogP contribution in [0.1, 0.15) is 23.3 Å². The number of hydrogen-bond donors (Lipinski definition) is 2. The van der Waals surface area contributed by atoms with Crippen LogP contribution in [0.15, 0.2) is 18.2 Å². The molecule has 1 fully saturated rings. The van der Waals surface area contributed by atoms with Crippen molar-refractivity contribution in [1.29, 1.82) is 0 Å². The number of ether oxygens (including phenoxy) is 1. The third kappa shape index (κ3) is 2.33. The van der Waals surface area contributed by atoms with Gasteiger partial charge in [0.05, 0.1) is 6.54 Å². The van der Waals surface area contributed by atoms with E-state index in [1.165, 1.54) is 0 Å². The maximum Gasteiger partial charge on any atom is 0.272 e. The number of benzene rings is 1. The van der Waals surface area contributed by atoms with Crippen LogP contribution in [0.5, 0.6) is 5.75 Å². The van der Waals surface area contributed by atoms with Crippen molar-refractivity contribution in [2.75, 3.05) is 26.2 Å². The standard InChI is InChI=1S/C16H20N4O2/c21-16(18-10-11-4-6-17-7-5-11)14-12-2-1-3-13-15(12)20(19-14)8-9-22-13/h1-3,11,17H,4-10H2,(H,18,21). The van der Waals surface area contributed by atoms with Gasteiger partial charge in [0, 0.05) is 11.9 Å². The highest BCUT2D eigenvalue weighted by molar-refractivity contribution is 6.06. The molecule has 2 aliphatic heterocycles. The number of amides is 1. The summed E-state index contributed by atoms with van der Waals surface area (Å²) in [5.74, 6) is 1.29. The molecule has 2 aliphatic rings. The summed E-state index contributed by atoms with van der Waals surface area (Å²) in [6.07, 6.45) is 2.24. The lowest BCUT2D eigenvalue weighted by Gasteiger charge is -2.22. The largest absolute Gasteiger partial charge is 0.489 e. The van der Waals surface area contributed by atoms with Gasteiger partial charge in [0.2, 0.25) is 0 Å². The second kappa shape index (κ2) is 5.61. The van der Waals surface area contributed by atoms with Crippen molar-refractivity contribution in [3.05, 3.63) is 23.9 Å². The second-order valence-corrected chi connectivity index (χ2v) is 5.98. The predicted octanol–water partition coefficient (Wildman–Crippen LogP) is 1.16. The zero-order valence-electron chi connectivity index (χ0n) is 12.5. The minimum atomic E-state index is -0.0821. The molecule has 116 valence electrons. The molecular weight excluding hydrogens is 280 g/mol. The van der Waals surface area contributed by atoms with E-state index in [-0.39, 0.29) is 5.91 Å². The molecule has 0 unspecified atom stereocenters. The molecular formula is C16H20N4O2. The third-order valence-corrected chi connectivity index (χ3v) is 4.52. The van der Waals surface area contributed by atoms with Gasteiger partial charge in [-0.1, -0.05) is 12.1 Å². The van der Waals surface area contributed by atoms with E-state index in [0.717, 1.165) is 49.1 Å². The summed E-state index contributed by atoms with van der Waals surface area (Å²) < 4.78 is 7.53. The van der Waals surface area contributed by atoms with Gasteiger partial charge in [-0.05, 0) is 37.9 Å². The first kappa shape index (κ1) is 13.6. The van der Waals surface area contributed by atoms with Gasteiger partial charge in [-0.2, -0.15) is 5.10 Å². The van der Waals surface area contributed by atoms with Gasteiger partial charge < -0.3 is 15.4 Å². The van der Waals surface area contributed by atoms with Gasteiger partial charge in [0.15, 0.2) is 5.69 Å². The van der Waals surface area contributed by atoms with Crippen LogP contribution >= 0.6 is 0 Å². The van der Waals surface area contributed by atoms with E-state index in [2.05, 4.69) is 15.7 Å². The number of carbonyl (C=O) groups excluding carboxylic acids is 1. The summed E-state index contributed by atoms with van der Waals surface area (Å²) >= 11 is 0. The Bertz CT molecular complexity index is 703. The van der Waals surface area contributed by atoms with Crippen LogP contribution in [0.3, 0.4) is 0 Å². The first-order chi connectivity index (χ1) is 10.8. The maximum atomic E-state index is 12.5. The minimum Gasteiger partial charge on any atom is -0.489 e. The molecule has 6 nitrogen and oxygen atoms in total. The van der Waals surface area contributed by atoms with Crippen molar-refractivity contribution >= 4 is 16.8 Å². The number of nitrogens with zero attached hydrogens (tertiary/aromatic N) is 2. The molecule has 1 aromatic carbocycles. The molecule has 22 heavy (non-hydrogen) atoms. The lowest BCUT2D eigenvalue weighted by Crippen LogP contribution is -2.36. The number of carbonyl (C=O) groups is 1. The van der Waals surface area contributed by atoms with Crippen molar-refractivity contribution in [2.24, 2.45) is 5.92 Å². The van der Waals surface area contributed by atoms with Gasteiger partial charge in [-0.15, -0.1) is 0 Å². The lowest BCUT2D eigenvalue weighted by molar-refractivity contribution is 0.0939. The monoisotopic (exact) mass is 300 g/mol. The first-order valence-corrected chi connectivity index (χ1v) is 7.94. The molecule has 2 aromatic rings. The summed E-state index contributed by atoms with van der Waals surface area (Å²) in [5, 5.41) is 11.8. The zero-order chi connectivity index (χ0) is 14.9. The highest BCUT2D eigenvalue weighted by Crippen LogP contribution is 2.30. The molecule has 1 amide bonds. The van der Waals surface area contributed by atoms with E-state index in [1.54, 1.807) is 0 Å². The van der Waals surface area contributed by atoms with Gasteiger partial charge in [0.1, 0.15) is 17.9 Å². The fourth-order valence-electron chi connectivity index (χ4n) is 3.30. The Kier molecular flexibility index (Phi) is 3.46.